The molecule has 0 fully saturated rings. The molecule has 0 saturated carbocycles. The minimum absolute atomic E-state index is 0.0944. The van der Waals surface area contributed by atoms with E-state index in [1.54, 1.807) is 4.57 Å². The second-order valence-corrected chi connectivity index (χ2v) is 13.7. The lowest BCUT2D eigenvalue weighted by Gasteiger charge is -2.19. The number of nitrogens with zero attached hydrogens (tertiary/aromatic N) is 2. The molecule has 0 unspecified atom stereocenters. The van der Waals surface area contributed by atoms with Crippen LogP contribution in [-0.4, -0.2) is 9.13 Å². The van der Waals surface area contributed by atoms with Gasteiger partial charge < -0.3 is 0 Å². The fraction of sp³-hybridized carbons (Fsp3) is 0. The van der Waals surface area contributed by atoms with Crippen molar-refractivity contribution >= 4 is 32.6 Å². The summed E-state index contributed by atoms with van der Waals surface area (Å²) in [7, 11) is 0. The number of hydrogen-bond donors (Lipinski definition) is 0. The molecular weight excluding hydrogens is 657 g/mol. The first-order chi connectivity index (χ1) is 26.7. The Balaban J connectivity index is 1.17. The van der Waals surface area contributed by atoms with E-state index in [1.807, 2.05) is 59.2 Å². The van der Waals surface area contributed by atoms with Crippen molar-refractivity contribution in [3.05, 3.63) is 217 Å². The van der Waals surface area contributed by atoms with Crippen molar-refractivity contribution in [3.8, 4) is 55.9 Å². The summed E-state index contributed by atoms with van der Waals surface area (Å²) in [5, 5.41) is 4.76. The van der Waals surface area contributed by atoms with Gasteiger partial charge in [-0.3, -0.25) is 9.13 Å². The molecule has 0 bridgehead atoms. The summed E-state index contributed by atoms with van der Waals surface area (Å²) in [4.78, 5) is 14.1. The van der Waals surface area contributed by atoms with Crippen molar-refractivity contribution in [1.82, 2.24) is 9.13 Å². The van der Waals surface area contributed by atoms with Gasteiger partial charge in [0.1, 0.15) is 0 Å². The van der Waals surface area contributed by atoms with Crippen LogP contribution in [0.4, 0.5) is 0 Å². The van der Waals surface area contributed by atoms with Crippen LogP contribution in [0.15, 0.2) is 211 Å². The zero-order valence-electron chi connectivity index (χ0n) is 29.4. The lowest BCUT2D eigenvalue weighted by molar-refractivity contribution is 0.931. The molecular formula is C51H34N2O. The van der Waals surface area contributed by atoms with Crippen LogP contribution < -0.4 is 5.69 Å². The summed E-state index contributed by atoms with van der Waals surface area (Å²) in [5.41, 5.74) is 12.7. The number of aromatic nitrogens is 2. The van der Waals surface area contributed by atoms with Crippen LogP contribution >= 0.6 is 0 Å². The molecule has 0 aliphatic heterocycles. The summed E-state index contributed by atoms with van der Waals surface area (Å²) in [6, 6.07) is 72.1. The standard InChI is InChI=1S/C51H34N2O/c54-51-52(41-20-8-3-9-21-41)47-26-14-15-27-48(47)53(51)42-30-28-37(29-31-42)49-43-22-10-12-24-45(43)50(46-25-13-11-23-44(46)49)40-33-38(35-16-4-1-5-17-35)32-39(34-40)36-18-6-2-7-19-36/h1-34H. The monoisotopic (exact) mass is 690 g/mol. The Hall–Kier alpha value is -7.23. The average Bonchev–Trinajstić information content (AvgIpc) is 3.55. The van der Waals surface area contributed by atoms with Gasteiger partial charge in [0.25, 0.3) is 0 Å². The van der Waals surface area contributed by atoms with Crippen LogP contribution in [0.25, 0.3) is 88.5 Å². The summed E-state index contributed by atoms with van der Waals surface area (Å²) in [5.74, 6) is 0. The molecule has 1 aromatic heterocycles. The highest BCUT2D eigenvalue weighted by molar-refractivity contribution is 6.21. The lowest BCUT2D eigenvalue weighted by atomic mass is 9.84. The number of hydrogen-bond acceptors (Lipinski definition) is 1. The molecule has 0 radical (unpaired) electrons. The Morgan fingerprint density at radius 1 is 0.278 bits per heavy atom. The van der Waals surface area contributed by atoms with E-state index in [1.165, 1.54) is 60.5 Å². The van der Waals surface area contributed by atoms with Crippen molar-refractivity contribution in [2.45, 2.75) is 0 Å². The van der Waals surface area contributed by atoms with Crippen LogP contribution in [0.2, 0.25) is 0 Å². The molecule has 0 N–H and O–H groups in total. The highest BCUT2D eigenvalue weighted by Gasteiger charge is 2.19. The first kappa shape index (κ1) is 31.5. The van der Waals surface area contributed by atoms with Crippen molar-refractivity contribution in [1.29, 1.82) is 0 Å². The zero-order chi connectivity index (χ0) is 36.0. The summed E-state index contributed by atoms with van der Waals surface area (Å²) < 4.78 is 3.61. The van der Waals surface area contributed by atoms with Gasteiger partial charge in [-0.2, -0.15) is 0 Å². The fourth-order valence-corrected chi connectivity index (χ4v) is 8.12. The maximum Gasteiger partial charge on any atom is 0.338 e. The Labute approximate surface area is 313 Å². The largest absolute Gasteiger partial charge is 0.338 e. The third-order valence-electron chi connectivity index (χ3n) is 10.5. The maximum absolute atomic E-state index is 14.1. The Morgan fingerprint density at radius 3 is 1.09 bits per heavy atom. The Morgan fingerprint density at radius 2 is 0.630 bits per heavy atom. The van der Waals surface area contributed by atoms with Crippen LogP contribution in [-0.2, 0) is 0 Å². The van der Waals surface area contributed by atoms with Crippen LogP contribution in [0, 0.1) is 0 Å². The van der Waals surface area contributed by atoms with Gasteiger partial charge in [-0.05, 0) is 121 Å². The van der Waals surface area contributed by atoms with Crippen LogP contribution in [0.5, 0.6) is 0 Å². The topological polar surface area (TPSA) is 26.9 Å². The second kappa shape index (κ2) is 13.1. The molecule has 254 valence electrons. The summed E-state index contributed by atoms with van der Waals surface area (Å²) in [6.07, 6.45) is 0. The van der Waals surface area contributed by atoms with E-state index >= 15 is 0 Å². The molecule has 1 heterocycles. The quantitative estimate of drug-likeness (QED) is 0.160. The molecule has 0 aliphatic rings. The van der Waals surface area contributed by atoms with E-state index in [2.05, 4.69) is 152 Å². The first-order valence-corrected chi connectivity index (χ1v) is 18.3. The predicted molar refractivity (Wildman–Crippen MR) is 226 cm³/mol. The minimum Gasteiger partial charge on any atom is -0.260 e. The number of para-hydroxylation sites is 3. The molecule has 0 spiro atoms. The molecule has 10 rings (SSSR count). The van der Waals surface area contributed by atoms with E-state index < -0.39 is 0 Å². The van der Waals surface area contributed by atoms with E-state index in [0.29, 0.717) is 0 Å². The molecule has 0 amide bonds. The zero-order valence-corrected chi connectivity index (χ0v) is 29.4. The maximum atomic E-state index is 14.1. The van der Waals surface area contributed by atoms with E-state index in [9.17, 15) is 4.79 Å². The molecule has 0 aliphatic carbocycles. The highest BCUT2D eigenvalue weighted by atomic mass is 16.1. The van der Waals surface area contributed by atoms with Crippen molar-refractivity contribution < 1.29 is 0 Å². The third kappa shape index (κ3) is 5.25. The van der Waals surface area contributed by atoms with Gasteiger partial charge in [0, 0.05) is 0 Å². The summed E-state index contributed by atoms with van der Waals surface area (Å²) >= 11 is 0. The smallest absolute Gasteiger partial charge is 0.260 e. The highest BCUT2D eigenvalue weighted by Crippen LogP contribution is 2.45. The summed E-state index contributed by atoms with van der Waals surface area (Å²) in [6.45, 7) is 0. The van der Waals surface area contributed by atoms with Gasteiger partial charge >= 0.3 is 5.69 Å². The molecule has 9 aromatic carbocycles. The lowest BCUT2D eigenvalue weighted by Crippen LogP contribution is -2.22. The van der Waals surface area contributed by atoms with Gasteiger partial charge in [0.2, 0.25) is 0 Å². The van der Waals surface area contributed by atoms with Gasteiger partial charge in [0.05, 0.1) is 22.4 Å². The Bertz CT molecular complexity index is 2920. The van der Waals surface area contributed by atoms with Crippen LogP contribution in [0.1, 0.15) is 0 Å². The average molecular weight is 691 g/mol. The molecule has 10 aromatic rings. The molecule has 3 nitrogen and oxygen atoms in total. The predicted octanol–water partition coefficient (Wildman–Crippen LogP) is 12.8. The van der Waals surface area contributed by atoms with Crippen molar-refractivity contribution in [2.24, 2.45) is 0 Å². The third-order valence-corrected chi connectivity index (χ3v) is 10.5. The number of imidazole rings is 1. The van der Waals surface area contributed by atoms with E-state index in [4.69, 9.17) is 0 Å². The van der Waals surface area contributed by atoms with Gasteiger partial charge in [-0.25, -0.2) is 4.79 Å². The van der Waals surface area contributed by atoms with Crippen molar-refractivity contribution in [3.63, 3.8) is 0 Å². The van der Waals surface area contributed by atoms with Gasteiger partial charge in [-0.15, -0.1) is 0 Å². The minimum atomic E-state index is -0.0944. The van der Waals surface area contributed by atoms with E-state index in [0.717, 1.165) is 28.0 Å². The van der Waals surface area contributed by atoms with Crippen molar-refractivity contribution in [2.75, 3.05) is 0 Å². The molecule has 3 heteroatoms. The number of fused-ring (bicyclic) bond motifs is 3. The fourth-order valence-electron chi connectivity index (χ4n) is 8.12. The first-order valence-electron chi connectivity index (χ1n) is 18.3. The molecule has 54 heavy (non-hydrogen) atoms. The molecule has 0 saturated heterocycles. The van der Waals surface area contributed by atoms with E-state index in [-0.39, 0.29) is 5.69 Å². The normalized spacial score (nSPS) is 11.4. The second-order valence-electron chi connectivity index (χ2n) is 13.7. The number of benzene rings is 9. The van der Waals surface area contributed by atoms with Gasteiger partial charge in [0.15, 0.2) is 0 Å². The number of rotatable bonds is 6. The van der Waals surface area contributed by atoms with Gasteiger partial charge in [-0.1, -0.05) is 152 Å². The SMILES string of the molecule is O=c1n(-c2ccccc2)c2ccccc2n1-c1ccc(-c2c3ccccc3c(-c3cc(-c4ccccc4)cc(-c4ccccc4)c3)c3ccccc23)cc1. The van der Waals surface area contributed by atoms with Crippen LogP contribution in [0.3, 0.4) is 0 Å². The molecule has 0 atom stereocenters. The Kier molecular flexibility index (Phi) is 7.63.